The van der Waals surface area contributed by atoms with Gasteiger partial charge in [-0.25, -0.2) is 8.42 Å². The molecule has 102 valence electrons. The van der Waals surface area contributed by atoms with E-state index in [1.807, 2.05) is 0 Å². The second kappa shape index (κ2) is 5.12. The predicted molar refractivity (Wildman–Crippen MR) is 70.3 cm³/mol. The van der Waals surface area contributed by atoms with Crippen molar-refractivity contribution in [3.63, 3.8) is 0 Å². The maximum absolute atomic E-state index is 12.5. The number of rotatable bonds is 3. The number of nitrogens with one attached hydrogen (secondary N) is 1. The average Bonchev–Trinajstić information content (AvgIpc) is 2.69. The Morgan fingerprint density at radius 2 is 2.22 bits per heavy atom. The van der Waals surface area contributed by atoms with Gasteiger partial charge in [-0.05, 0) is 19.8 Å². The van der Waals surface area contributed by atoms with Crippen molar-refractivity contribution < 1.29 is 8.42 Å². The van der Waals surface area contributed by atoms with Gasteiger partial charge in [0.05, 0.1) is 0 Å². The highest BCUT2D eigenvalue weighted by Gasteiger charge is 2.34. The zero-order chi connectivity index (χ0) is 13.3. The molecule has 18 heavy (non-hydrogen) atoms. The van der Waals surface area contributed by atoms with Crippen LogP contribution < -0.4 is 10.6 Å². The first-order chi connectivity index (χ1) is 8.46. The predicted octanol–water partition coefficient (Wildman–Crippen LogP) is 0.247. The number of hydrogen-bond donors (Lipinski definition) is 2. The summed E-state index contributed by atoms with van der Waals surface area (Å²) in [6, 6.07) is -0.152. The quantitative estimate of drug-likeness (QED) is 0.834. The van der Waals surface area contributed by atoms with Gasteiger partial charge < -0.3 is 10.7 Å². The Balaban J connectivity index is 2.41. The molecule has 1 aromatic rings. The Hall–Kier alpha value is -0.700. The number of thiazole rings is 1. The van der Waals surface area contributed by atoms with E-state index < -0.39 is 10.0 Å². The Labute approximate surface area is 110 Å². The van der Waals surface area contributed by atoms with Crippen LogP contribution >= 0.6 is 11.3 Å². The molecular weight excluding hydrogens is 274 g/mol. The number of nitrogens with zero attached hydrogens (tertiary/aromatic N) is 1. The fourth-order valence-corrected chi connectivity index (χ4v) is 5.39. The molecule has 2 rings (SSSR count). The van der Waals surface area contributed by atoms with Gasteiger partial charge in [-0.15, -0.1) is 0 Å². The van der Waals surface area contributed by atoms with Crippen LogP contribution in [0.1, 0.15) is 25.0 Å². The lowest BCUT2D eigenvalue weighted by atomic mass is 10.1. The lowest BCUT2D eigenvalue weighted by Crippen LogP contribution is -2.47. The minimum atomic E-state index is -3.59. The molecule has 0 spiro atoms. The summed E-state index contributed by atoms with van der Waals surface area (Å²) < 4.78 is 26.6. The number of aryl methyl sites for hydroxylation is 1. The van der Waals surface area contributed by atoms with Crippen LogP contribution in [0.5, 0.6) is 0 Å². The number of piperidine rings is 1. The minimum Gasteiger partial charge on any atom is -0.329 e. The van der Waals surface area contributed by atoms with Crippen molar-refractivity contribution in [2.24, 2.45) is 5.73 Å². The first kappa shape index (κ1) is 13.7. The molecule has 0 radical (unpaired) electrons. The first-order valence-electron chi connectivity index (χ1n) is 5.88. The highest BCUT2D eigenvalue weighted by molar-refractivity contribution is 7.91. The van der Waals surface area contributed by atoms with E-state index in [9.17, 15) is 13.2 Å². The van der Waals surface area contributed by atoms with Gasteiger partial charge in [-0.2, -0.15) is 4.31 Å². The van der Waals surface area contributed by atoms with Crippen molar-refractivity contribution in [1.82, 2.24) is 9.29 Å². The van der Waals surface area contributed by atoms with E-state index in [0.717, 1.165) is 30.6 Å². The maximum atomic E-state index is 12.5. The molecule has 1 aliphatic rings. The maximum Gasteiger partial charge on any atom is 0.305 e. The second-order valence-corrected chi connectivity index (χ2v) is 7.50. The summed E-state index contributed by atoms with van der Waals surface area (Å²) in [6.07, 6.45) is 2.62. The molecule has 1 unspecified atom stereocenters. The third-order valence-corrected chi connectivity index (χ3v) is 6.70. The number of aromatic nitrogens is 1. The largest absolute Gasteiger partial charge is 0.329 e. The van der Waals surface area contributed by atoms with Crippen LogP contribution in [0.2, 0.25) is 0 Å². The van der Waals surface area contributed by atoms with E-state index >= 15 is 0 Å². The van der Waals surface area contributed by atoms with E-state index in [0.29, 0.717) is 18.8 Å². The van der Waals surface area contributed by atoms with Crippen LogP contribution in [0.4, 0.5) is 0 Å². The third kappa shape index (κ3) is 2.37. The highest BCUT2D eigenvalue weighted by Crippen LogP contribution is 2.27. The number of H-pyrrole nitrogens is 1. The number of aromatic amines is 1. The summed E-state index contributed by atoms with van der Waals surface area (Å²) in [7, 11) is -3.59. The topological polar surface area (TPSA) is 96.3 Å². The van der Waals surface area contributed by atoms with E-state index in [4.69, 9.17) is 5.73 Å². The van der Waals surface area contributed by atoms with Gasteiger partial charge in [0.2, 0.25) is 0 Å². The molecule has 0 saturated carbocycles. The normalized spacial score (nSPS) is 22.2. The van der Waals surface area contributed by atoms with Crippen molar-refractivity contribution in [2.75, 3.05) is 13.1 Å². The van der Waals surface area contributed by atoms with Gasteiger partial charge in [-0.1, -0.05) is 17.8 Å². The monoisotopic (exact) mass is 291 g/mol. The summed E-state index contributed by atoms with van der Waals surface area (Å²) in [5.74, 6) is 0. The molecule has 0 aromatic carbocycles. The molecule has 1 saturated heterocycles. The van der Waals surface area contributed by atoms with Crippen LogP contribution in [-0.2, 0) is 10.0 Å². The molecule has 1 aliphatic heterocycles. The number of sulfonamides is 1. The molecular formula is C10H17N3O3S2. The van der Waals surface area contributed by atoms with E-state index in [1.54, 1.807) is 6.92 Å². The lowest BCUT2D eigenvalue weighted by molar-refractivity contribution is 0.258. The second-order valence-electron chi connectivity index (χ2n) is 4.43. The smallest absolute Gasteiger partial charge is 0.305 e. The van der Waals surface area contributed by atoms with Crippen molar-refractivity contribution in [3.05, 3.63) is 15.4 Å². The van der Waals surface area contributed by atoms with Gasteiger partial charge >= 0.3 is 4.87 Å². The van der Waals surface area contributed by atoms with Gasteiger partial charge in [0.25, 0.3) is 10.0 Å². The van der Waals surface area contributed by atoms with Gasteiger partial charge in [0.1, 0.15) is 0 Å². The summed E-state index contributed by atoms with van der Waals surface area (Å²) in [5, 5.41) is 0. The van der Waals surface area contributed by atoms with E-state index in [1.165, 1.54) is 4.31 Å². The lowest BCUT2D eigenvalue weighted by Gasteiger charge is -2.33. The molecule has 0 bridgehead atoms. The van der Waals surface area contributed by atoms with Gasteiger partial charge in [-0.3, -0.25) is 4.79 Å². The Morgan fingerprint density at radius 1 is 1.50 bits per heavy atom. The SMILES string of the molecule is Cc1[nH]c(=O)sc1S(=O)(=O)N1CCCCC1CN. The Morgan fingerprint density at radius 3 is 2.78 bits per heavy atom. The number of hydrogen-bond acceptors (Lipinski definition) is 5. The minimum absolute atomic E-state index is 0.118. The summed E-state index contributed by atoms with van der Waals surface area (Å²) >= 11 is 0.746. The van der Waals surface area contributed by atoms with E-state index in [2.05, 4.69) is 4.98 Å². The van der Waals surface area contributed by atoms with Crippen LogP contribution in [0, 0.1) is 6.92 Å². The van der Waals surface area contributed by atoms with E-state index in [-0.39, 0.29) is 15.1 Å². The van der Waals surface area contributed by atoms with Crippen molar-refractivity contribution in [2.45, 2.75) is 36.4 Å². The summed E-state index contributed by atoms with van der Waals surface area (Å²) in [5.41, 5.74) is 6.05. The Kier molecular flexibility index (Phi) is 3.90. The first-order valence-corrected chi connectivity index (χ1v) is 8.14. The van der Waals surface area contributed by atoms with Crippen molar-refractivity contribution >= 4 is 21.4 Å². The standard InChI is InChI=1S/C10H17N3O3S2/c1-7-9(17-10(14)12-7)18(15,16)13-5-3-2-4-8(13)6-11/h8H,2-6,11H2,1H3,(H,12,14). The molecule has 1 aromatic heterocycles. The molecule has 0 amide bonds. The van der Waals surface area contributed by atoms with Crippen molar-refractivity contribution in [3.8, 4) is 0 Å². The van der Waals surface area contributed by atoms with Crippen LogP contribution in [0.15, 0.2) is 9.00 Å². The molecule has 1 atom stereocenters. The molecule has 1 fully saturated rings. The molecule has 8 heteroatoms. The fourth-order valence-electron chi connectivity index (χ4n) is 2.27. The van der Waals surface area contributed by atoms with Gasteiger partial charge in [0, 0.05) is 24.8 Å². The van der Waals surface area contributed by atoms with Crippen LogP contribution in [-0.4, -0.2) is 36.8 Å². The van der Waals surface area contributed by atoms with Gasteiger partial charge in [0.15, 0.2) is 4.21 Å². The summed E-state index contributed by atoms with van der Waals surface area (Å²) in [6.45, 7) is 2.40. The van der Waals surface area contributed by atoms with Crippen LogP contribution in [0.3, 0.4) is 0 Å². The average molecular weight is 291 g/mol. The summed E-state index contributed by atoms with van der Waals surface area (Å²) in [4.78, 5) is 13.4. The number of nitrogens with two attached hydrogens (primary N) is 1. The fraction of sp³-hybridized carbons (Fsp3) is 0.700. The molecule has 2 heterocycles. The molecule has 6 nitrogen and oxygen atoms in total. The zero-order valence-corrected chi connectivity index (χ0v) is 11.8. The molecule has 0 aliphatic carbocycles. The zero-order valence-electron chi connectivity index (χ0n) is 10.2. The van der Waals surface area contributed by atoms with Crippen LogP contribution in [0.25, 0.3) is 0 Å². The van der Waals surface area contributed by atoms with Crippen molar-refractivity contribution in [1.29, 1.82) is 0 Å². The molecule has 3 N–H and O–H groups in total. The third-order valence-electron chi connectivity index (χ3n) is 3.17. The Bertz CT molecular complexity index is 575. The highest BCUT2D eigenvalue weighted by atomic mass is 32.2.